The van der Waals surface area contributed by atoms with Crippen LogP contribution in [0.2, 0.25) is 0 Å². The summed E-state index contributed by atoms with van der Waals surface area (Å²) in [6.07, 6.45) is 1.74. The largest absolute Gasteiger partial charge is 0.480 e. The lowest BCUT2D eigenvalue weighted by atomic mass is 10.1. The van der Waals surface area contributed by atoms with E-state index >= 15 is 0 Å². The summed E-state index contributed by atoms with van der Waals surface area (Å²) in [4.78, 5) is 24.8. The van der Waals surface area contributed by atoms with Gasteiger partial charge < -0.3 is 14.4 Å². The van der Waals surface area contributed by atoms with Crippen LogP contribution in [0.25, 0.3) is 11.3 Å². The van der Waals surface area contributed by atoms with Gasteiger partial charge in [0.1, 0.15) is 23.4 Å². The number of rotatable bonds is 5. The van der Waals surface area contributed by atoms with Crippen molar-refractivity contribution in [3.05, 3.63) is 48.0 Å². The van der Waals surface area contributed by atoms with Crippen molar-refractivity contribution in [1.29, 1.82) is 0 Å². The summed E-state index contributed by atoms with van der Waals surface area (Å²) >= 11 is 0. The lowest BCUT2D eigenvalue weighted by molar-refractivity contribution is -0.148. The molecule has 3 rings (SSSR count). The van der Waals surface area contributed by atoms with Crippen LogP contribution in [0, 0.1) is 5.82 Å². The maximum atomic E-state index is 13.7. The average molecular weight is 331 g/mol. The molecule has 1 N–H and O–H groups in total. The minimum atomic E-state index is -0.958. The molecule has 0 radical (unpaired) electrons. The van der Waals surface area contributed by atoms with Crippen molar-refractivity contribution in [2.45, 2.75) is 31.7 Å². The highest BCUT2D eigenvalue weighted by molar-refractivity contribution is 5.84. The van der Waals surface area contributed by atoms with Gasteiger partial charge in [-0.15, -0.1) is 0 Å². The number of aliphatic carboxylic acids is 1. The standard InChI is InChI=1S/C18H18FNO4/c19-14-5-2-1-4-13(14)16-9-7-12(24-16)8-10-17(21)20-11-3-6-15(20)18(22)23/h1-2,4-5,7,9,15H,3,6,8,10-11H2,(H,22,23). The van der Waals surface area contributed by atoms with Crippen LogP contribution in [-0.4, -0.2) is 34.5 Å². The highest BCUT2D eigenvalue weighted by atomic mass is 19.1. The van der Waals surface area contributed by atoms with Crippen LogP contribution >= 0.6 is 0 Å². The zero-order valence-electron chi connectivity index (χ0n) is 13.1. The third kappa shape index (κ3) is 3.32. The Kier molecular flexibility index (Phi) is 4.64. The summed E-state index contributed by atoms with van der Waals surface area (Å²) in [6, 6.07) is 9.00. The van der Waals surface area contributed by atoms with Crippen LogP contribution < -0.4 is 0 Å². The van der Waals surface area contributed by atoms with E-state index in [1.165, 1.54) is 11.0 Å². The van der Waals surface area contributed by atoms with Gasteiger partial charge >= 0.3 is 5.97 Å². The number of carboxylic acid groups (broad SMARTS) is 1. The number of likely N-dealkylation sites (tertiary alicyclic amines) is 1. The maximum absolute atomic E-state index is 13.7. The molecule has 1 aliphatic heterocycles. The topological polar surface area (TPSA) is 70.8 Å². The molecule has 1 aromatic heterocycles. The summed E-state index contributed by atoms with van der Waals surface area (Å²) in [5.74, 6) is -0.520. The van der Waals surface area contributed by atoms with Crippen molar-refractivity contribution in [2.24, 2.45) is 0 Å². The van der Waals surface area contributed by atoms with E-state index in [1.54, 1.807) is 30.3 Å². The lowest BCUT2D eigenvalue weighted by Gasteiger charge is -2.21. The second kappa shape index (κ2) is 6.86. The fourth-order valence-corrected chi connectivity index (χ4v) is 3.01. The molecule has 1 unspecified atom stereocenters. The lowest BCUT2D eigenvalue weighted by Crippen LogP contribution is -2.40. The van der Waals surface area contributed by atoms with E-state index in [4.69, 9.17) is 9.52 Å². The van der Waals surface area contributed by atoms with Crippen LogP contribution in [-0.2, 0) is 16.0 Å². The molecule has 0 spiro atoms. The van der Waals surface area contributed by atoms with E-state index in [-0.39, 0.29) is 18.1 Å². The summed E-state index contributed by atoms with van der Waals surface area (Å²) < 4.78 is 19.4. The molecule has 1 atom stereocenters. The van der Waals surface area contributed by atoms with E-state index in [0.717, 1.165) is 0 Å². The van der Waals surface area contributed by atoms with E-state index < -0.39 is 12.0 Å². The Hall–Kier alpha value is -2.63. The number of halogens is 1. The van der Waals surface area contributed by atoms with Crippen molar-refractivity contribution in [3.63, 3.8) is 0 Å². The summed E-state index contributed by atoms with van der Waals surface area (Å²) in [6.45, 7) is 0.481. The van der Waals surface area contributed by atoms with Crippen LogP contribution in [0.5, 0.6) is 0 Å². The minimum Gasteiger partial charge on any atom is -0.480 e. The van der Waals surface area contributed by atoms with Gasteiger partial charge in [-0.2, -0.15) is 0 Å². The molecule has 1 aliphatic rings. The molecule has 1 saturated heterocycles. The smallest absolute Gasteiger partial charge is 0.326 e. The van der Waals surface area contributed by atoms with Crippen molar-refractivity contribution in [3.8, 4) is 11.3 Å². The Balaban J connectivity index is 1.63. The Labute approximate surface area is 138 Å². The Morgan fingerprint density at radius 3 is 2.79 bits per heavy atom. The van der Waals surface area contributed by atoms with Gasteiger partial charge in [0, 0.05) is 19.4 Å². The minimum absolute atomic E-state index is 0.175. The highest BCUT2D eigenvalue weighted by Crippen LogP contribution is 2.26. The van der Waals surface area contributed by atoms with Gasteiger partial charge in [-0.05, 0) is 37.1 Å². The molecule has 0 saturated carbocycles. The van der Waals surface area contributed by atoms with E-state index in [1.807, 2.05) is 0 Å². The van der Waals surface area contributed by atoms with E-state index in [0.29, 0.717) is 42.9 Å². The van der Waals surface area contributed by atoms with Gasteiger partial charge in [0.2, 0.25) is 5.91 Å². The third-order valence-corrected chi connectivity index (χ3v) is 4.24. The second-order valence-electron chi connectivity index (χ2n) is 5.83. The predicted molar refractivity (Wildman–Crippen MR) is 84.8 cm³/mol. The number of nitrogens with zero attached hydrogens (tertiary/aromatic N) is 1. The molecule has 0 aliphatic carbocycles. The molecule has 0 bridgehead atoms. The zero-order chi connectivity index (χ0) is 17.1. The predicted octanol–water partition coefficient (Wildman–Crippen LogP) is 3.09. The molecule has 1 aromatic carbocycles. The fraction of sp³-hybridized carbons (Fsp3) is 0.333. The SMILES string of the molecule is O=C(O)C1CCCN1C(=O)CCc1ccc(-c2ccccc2F)o1. The monoisotopic (exact) mass is 331 g/mol. The van der Waals surface area contributed by atoms with Crippen LogP contribution in [0.3, 0.4) is 0 Å². The van der Waals surface area contributed by atoms with Crippen molar-refractivity contribution in [1.82, 2.24) is 4.90 Å². The Morgan fingerprint density at radius 2 is 2.04 bits per heavy atom. The van der Waals surface area contributed by atoms with Gasteiger partial charge in [0.05, 0.1) is 5.56 Å². The summed E-state index contributed by atoms with van der Waals surface area (Å²) in [5, 5.41) is 9.13. The molecule has 1 amide bonds. The van der Waals surface area contributed by atoms with Crippen molar-refractivity contribution < 1.29 is 23.5 Å². The summed E-state index contributed by atoms with van der Waals surface area (Å²) in [7, 11) is 0. The van der Waals surface area contributed by atoms with Gasteiger partial charge in [0.15, 0.2) is 0 Å². The molecule has 126 valence electrons. The first-order valence-corrected chi connectivity index (χ1v) is 7.92. The van der Waals surface area contributed by atoms with Crippen LogP contribution in [0.4, 0.5) is 4.39 Å². The number of carboxylic acids is 1. The first-order valence-electron chi connectivity index (χ1n) is 7.92. The highest BCUT2D eigenvalue weighted by Gasteiger charge is 2.33. The molecule has 1 fully saturated rings. The zero-order valence-corrected chi connectivity index (χ0v) is 13.1. The Morgan fingerprint density at radius 1 is 1.25 bits per heavy atom. The molecule has 24 heavy (non-hydrogen) atoms. The number of benzene rings is 1. The summed E-state index contributed by atoms with van der Waals surface area (Å²) in [5.41, 5.74) is 0.376. The number of hydrogen-bond donors (Lipinski definition) is 1. The van der Waals surface area contributed by atoms with Crippen molar-refractivity contribution >= 4 is 11.9 Å². The molecule has 2 aromatic rings. The van der Waals surface area contributed by atoms with Gasteiger partial charge in [-0.1, -0.05) is 12.1 Å². The van der Waals surface area contributed by atoms with E-state index in [2.05, 4.69) is 0 Å². The first kappa shape index (κ1) is 16.2. The molecular formula is C18H18FNO4. The number of hydrogen-bond acceptors (Lipinski definition) is 3. The Bertz CT molecular complexity index is 755. The number of amides is 1. The first-order chi connectivity index (χ1) is 11.6. The number of carbonyl (C=O) groups is 2. The number of furan rings is 1. The quantitative estimate of drug-likeness (QED) is 0.914. The van der Waals surface area contributed by atoms with Crippen molar-refractivity contribution in [2.75, 3.05) is 6.54 Å². The van der Waals surface area contributed by atoms with Gasteiger partial charge in [-0.3, -0.25) is 4.79 Å². The van der Waals surface area contributed by atoms with E-state index in [9.17, 15) is 14.0 Å². The molecule has 6 heteroatoms. The third-order valence-electron chi connectivity index (χ3n) is 4.24. The van der Waals surface area contributed by atoms with Gasteiger partial charge in [0.25, 0.3) is 0 Å². The molecule has 2 heterocycles. The number of carbonyl (C=O) groups excluding carboxylic acids is 1. The fourth-order valence-electron chi connectivity index (χ4n) is 3.01. The van der Waals surface area contributed by atoms with Gasteiger partial charge in [-0.25, -0.2) is 9.18 Å². The maximum Gasteiger partial charge on any atom is 0.326 e. The second-order valence-corrected chi connectivity index (χ2v) is 5.83. The molecular weight excluding hydrogens is 313 g/mol. The normalized spacial score (nSPS) is 17.2. The molecule has 5 nitrogen and oxygen atoms in total. The van der Waals surface area contributed by atoms with Crippen LogP contribution in [0.1, 0.15) is 25.0 Å². The number of aryl methyl sites for hydroxylation is 1. The average Bonchev–Trinajstić information content (AvgIpc) is 3.22. The van der Waals surface area contributed by atoms with Crippen LogP contribution in [0.15, 0.2) is 40.8 Å².